The number of hydrogen-bond acceptors (Lipinski definition) is 3. The molecule has 0 aliphatic rings. The minimum absolute atomic E-state index is 0.210. The van der Waals surface area contributed by atoms with Crippen molar-refractivity contribution >= 4 is 11.6 Å². The SMILES string of the molecule is Cc1cc(NC(=O)c2ccoc2)ccc1O. The number of aromatic hydroxyl groups is 1. The second-order valence-corrected chi connectivity index (χ2v) is 3.47. The zero-order valence-corrected chi connectivity index (χ0v) is 8.73. The topological polar surface area (TPSA) is 62.5 Å². The molecular weight excluding hydrogens is 206 g/mol. The number of carbonyl (C=O) groups excluding carboxylic acids is 1. The highest BCUT2D eigenvalue weighted by Gasteiger charge is 2.07. The third kappa shape index (κ3) is 2.06. The molecule has 2 aromatic rings. The molecule has 0 bridgehead atoms. The molecule has 0 saturated heterocycles. The van der Waals surface area contributed by atoms with Crippen LogP contribution < -0.4 is 5.32 Å². The number of hydrogen-bond donors (Lipinski definition) is 2. The molecule has 0 unspecified atom stereocenters. The predicted molar refractivity (Wildman–Crippen MR) is 59.5 cm³/mol. The molecule has 0 aliphatic heterocycles. The molecule has 82 valence electrons. The molecule has 2 rings (SSSR count). The van der Waals surface area contributed by atoms with Gasteiger partial charge in [0, 0.05) is 5.69 Å². The number of phenols is 1. The molecule has 4 nitrogen and oxygen atoms in total. The largest absolute Gasteiger partial charge is 0.508 e. The third-order valence-electron chi connectivity index (χ3n) is 2.24. The Morgan fingerprint density at radius 2 is 2.19 bits per heavy atom. The van der Waals surface area contributed by atoms with Crippen LogP contribution in [0.3, 0.4) is 0 Å². The number of carbonyl (C=O) groups is 1. The van der Waals surface area contributed by atoms with Crippen molar-refractivity contribution in [2.75, 3.05) is 5.32 Å². The molecular formula is C12H11NO3. The lowest BCUT2D eigenvalue weighted by molar-refractivity contribution is 0.102. The predicted octanol–water partition coefficient (Wildman–Crippen LogP) is 2.55. The van der Waals surface area contributed by atoms with Crippen LogP contribution in [0.2, 0.25) is 0 Å². The van der Waals surface area contributed by atoms with E-state index in [0.29, 0.717) is 16.8 Å². The molecule has 0 aliphatic carbocycles. The molecule has 2 N–H and O–H groups in total. The van der Waals surface area contributed by atoms with Crippen LogP contribution in [0.5, 0.6) is 5.75 Å². The zero-order chi connectivity index (χ0) is 11.5. The normalized spacial score (nSPS) is 10.1. The van der Waals surface area contributed by atoms with Gasteiger partial charge in [-0.1, -0.05) is 0 Å². The number of anilines is 1. The van der Waals surface area contributed by atoms with Crippen LogP contribution in [0, 0.1) is 6.92 Å². The first-order chi connectivity index (χ1) is 7.66. The van der Waals surface area contributed by atoms with E-state index in [9.17, 15) is 9.90 Å². The molecule has 16 heavy (non-hydrogen) atoms. The minimum atomic E-state index is -0.237. The second kappa shape index (κ2) is 4.10. The molecule has 1 heterocycles. The molecule has 1 aromatic carbocycles. The summed E-state index contributed by atoms with van der Waals surface area (Å²) in [5.74, 6) is -0.0276. The summed E-state index contributed by atoms with van der Waals surface area (Å²) >= 11 is 0. The summed E-state index contributed by atoms with van der Waals surface area (Å²) in [6.45, 7) is 1.77. The van der Waals surface area contributed by atoms with E-state index in [4.69, 9.17) is 4.42 Å². The van der Waals surface area contributed by atoms with E-state index in [0.717, 1.165) is 0 Å². The molecule has 0 radical (unpaired) electrons. The highest BCUT2D eigenvalue weighted by Crippen LogP contribution is 2.20. The van der Waals surface area contributed by atoms with Gasteiger partial charge in [0.1, 0.15) is 12.0 Å². The van der Waals surface area contributed by atoms with E-state index in [2.05, 4.69) is 5.32 Å². The fraction of sp³-hybridized carbons (Fsp3) is 0.0833. The maximum absolute atomic E-state index is 11.6. The lowest BCUT2D eigenvalue weighted by Gasteiger charge is -2.05. The van der Waals surface area contributed by atoms with Gasteiger partial charge >= 0.3 is 0 Å². The van der Waals surface area contributed by atoms with E-state index in [1.807, 2.05) is 0 Å². The van der Waals surface area contributed by atoms with Gasteiger partial charge in [0.2, 0.25) is 0 Å². The van der Waals surface area contributed by atoms with Gasteiger partial charge in [-0.05, 0) is 36.8 Å². The molecule has 0 saturated carbocycles. The number of aryl methyl sites for hydroxylation is 1. The first kappa shape index (κ1) is 10.3. The maximum Gasteiger partial charge on any atom is 0.258 e. The van der Waals surface area contributed by atoms with Gasteiger partial charge in [-0.2, -0.15) is 0 Å². The van der Waals surface area contributed by atoms with Crippen molar-refractivity contribution in [1.29, 1.82) is 0 Å². The Morgan fingerprint density at radius 1 is 1.38 bits per heavy atom. The van der Waals surface area contributed by atoms with Gasteiger partial charge in [0.25, 0.3) is 5.91 Å². The Labute approximate surface area is 92.5 Å². The Hall–Kier alpha value is -2.23. The van der Waals surface area contributed by atoms with E-state index < -0.39 is 0 Å². The van der Waals surface area contributed by atoms with E-state index in [-0.39, 0.29) is 11.7 Å². The zero-order valence-electron chi connectivity index (χ0n) is 8.73. The lowest BCUT2D eigenvalue weighted by Crippen LogP contribution is -2.10. The first-order valence-electron chi connectivity index (χ1n) is 4.80. The van der Waals surface area contributed by atoms with Crippen molar-refractivity contribution in [1.82, 2.24) is 0 Å². The molecule has 0 spiro atoms. The van der Waals surface area contributed by atoms with Gasteiger partial charge in [-0.15, -0.1) is 0 Å². The minimum Gasteiger partial charge on any atom is -0.508 e. The van der Waals surface area contributed by atoms with Crippen LogP contribution in [-0.4, -0.2) is 11.0 Å². The van der Waals surface area contributed by atoms with Crippen LogP contribution in [0.1, 0.15) is 15.9 Å². The van der Waals surface area contributed by atoms with Crippen LogP contribution in [-0.2, 0) is 0 Å². The Bertz CT molecular complexity index is 503. The highest BCUT2D eigenvalue weighted by molar-refractivity contribution is 6.04. The van der Waals surface area contributed by atoms with Crippen molar-refractivity contribution in [3.8, 4) is 5.75 Å². The van der Waals surface area contributed by atoms with Crippen molar-refractivity contribution in [2.45, 2.75) is 6.92 Å². The Kier molecular flexibility index (Phi) is 2.64. The van der Waals surface area contributed by atoms with Crippen molar-refractivity contribution < 1.29 is 14.3 Å². The average molecular weight is 217 g/mol. The summed E-state index contributed by atoms with van der Waals surface area (Å²) in [6, 6.07) is 6.47. The number of amides is 1. The summed E-state index contributed by atoms with van der Waals surface area (Å²) in [6.07, 6.45) is 2.82. The van der Waals surface area contributed by atoms with Crippen molar-refractivity contribution in [3.05, 3.63) is 47.9 Å². The van der Waals surface area contributed by atoms with Crippen molar-refractivity contribution in [3.63, 3.8) is 0 Å². The Balaban J connectivity index is 2.15. The standard InChI is InChI=1S/C12H11NO3/c1-8-6-10(2-3-11(8)14)13-12(15)9-4-5-16-7-9/h2-7,14H,1H3,(H,13,15). The Morgan fingerprint density at radius 3 is 2.81 bits per heavy atom. The number of furan rings is 1. The quantitative estimate of drug-likeness (QED) is 0.760. The molecule has 0 atom stereocenters. The molecule has 1 aromatic heterocycles. The number of rotatable bonds is 2. The second-order valence-electron chi connectivity index (χ2n) is 3.47. The fourth-order valence-corrected chi connectivity index (χ4v) is 1.33. The van der Waals surface area contributed by atoms with E-state index in [1.165, 1.54) is 12.5 Å². The van der Waals surface area contributed by atoms with Gasteiger partial charge in [-0.3, -0.25) is 4.79 Å². The van der Waals surface area contributed by atoms with E-state index in [1.54, 1.807) is 31.2 Å². The van der Waals surface area contributed by atoms with Gasteiger partial charge in [0.05, 0.1) is 11.8 Å². The van der Waals surface area contributed by atoms with E-state index >= 15 is 0 Å². The summed E-state index contributed by atoms with van der Waals surface area (Å²) < 4.78 is 4.82. The van der Waals surface area contributed by atoms with Crippen LogP contribution in [0.4, 0.5) is 5.69 Å². The summed E-state index contributed by atoms with van der Waals surface area (Å²) in [7, 11) is 0. The lowest BCUT2D eigenvalue weighted by atomic mass is 10.2. The molecule has 4 heteroatoms. The first-order valence-corrected chi connectivity index (χ1v) is 4.80. The van der Waals surface area contributed by atoms with Gasteiger partial charge < -0.3 is 14.8 Å². The van der Waals surface area contributed by atoms with Crippen molar-refractivity contribution in [2.24, 2.45) is 0 Å². The maximum atomic E-state index is 11.6. The van der Waals surface area contributed by atoms with Crippen LogP contribution in [0.15, 0.2) is 41.2 Å². The number of nitrogens with one attached hydrogen (secondary N) is 1. The van der Waals surface area contributed by atoms with Gasteiger partial charge in [-0.25, -0.2) is 0 Å². The molecule has 1 amide bonds. The molecule has 0 fully saturated rings. The summed E-state index contributed by atoms with van der Waals surface area (Å²) in [5, 5.41) is 12.0. The summed E-state index contributed by atoms with van der Waals surface area (Å²) in [4.78, 5) is 11.6. The van der Waals surface area contributed by atoms with Gasteiger partial charge in [0.15, 0.2) is 0 Å². The third-order valence-corrected chi connectivity index (χ3v) is 2.24. The highest BCUT2D eigenvalue weighted by atomic mass is 16.3. The smallest absolute Gasteiger partial charge is 0.258 e. The van der Waals surface area contributed by atoms with Crippen LogP contribution in [0.25, 0.3) is 0 Å². The average Bonchev–Trinajstić information content (AvgIpc) is 2.77. The summed E-state index contributed by atoms with van der Waals surface area (Å²) in [5.41, 5.74) is 1.82. The monoisotopic (exact) mass is 217 g/mol. The fourth-order valence-electron chi connectivity index (χ4n) is 1.33. The number of phenolic OH excluding ortho intramolecular Hbond substituents is 1. The number of benzene rings is 1. The van der Waals surface area contributed by atoms with Crippen LogP contribution >= 0.6 is 0 Å².